The van der Waals surface area contributed by atoms with Crippen LogP contribution in [0.1, 0.15) is 91.4 Å². The molecule has 0 aromatic carbocycles. The minimum atomic E-state index is 0.734. The smallest absolute Gasteiger partial charge is 0.0968 e. The number of nitrogens with zero attached hydrogens (tertiary/aromatic N) is 2. The van der Waals surface area contributed by atoms with Gasteiger partial charge in [-0.25, -0.2) is 0 Å². The van der Waals surface area contributed by atoms with Gasteiger partial charge in [0.25, 0.3) is 0 Å². The molecule has 1 heterocycles. The molecule has 0 fully saturated rings. The van der Waals surface area contributed by atoms with Crippen LogP contribution in [0.4, 0.5) is 0 Å². The minimum absolute atomic E-state index is 0.734. The first-order chi connectivity index (χ1) is 10.2. The fourth-order valence-electron chi connectivity index (χ4n) is 3.00. The van der Waals surface area contributed by atoms with Crippen LogP contribution in [0.3, 0.4) is 0 Å². The molecular weight excluding hydrogens is 256 g/mol. The Hall–Kier alpha value is -0.790. The largest absolute Gasteiger partial charge is 0.240 e. The zero-order valence-electron chi connectivity index (χ0n) is 14.5. The standard InChI is InChI=1S/C19H35N2/c1-4-5-6-7-8-9-10-11-12-13-18(17(2)3)16-19-20-14-15-21-19/h14-15,17-18H,4-13,16H2,1-3H3/q+1. The van der Waals surface area contributed by atoms with Gasteiger partial charge in [-0.1, -0.05) is 88.5 Å². The first-order valence-corrected chi connectivity index (χ1v) is 9.16. The van der Waals surface area contributed by atoms with E-state index in [2.05, 4.69) is 30.8 Å². The highest BCUT2D eigenvalue weighted by molar-refractivity contribution is 6.18. The van der Waals surface area contributed by atoms with Gasteiger partial charge < -0.3 is 0 Å². The molecule has 0 aliphatic carbocycles. The number of aliphatic imine (C=N–C) groups is 2. The lowest BCUT2D eigenvalue weighted by molar-refractivity contribution is 0.328. The SMILES string of the molecule is CCCCCCCCCCCC(C[C+]1N=CC=N1)C(C)C. The van der Waals surface area contributed by atoms with Crippen molar-refractivity contribution in [3.63, 3.8) is 0 Å². The lowest BCUT2D eigenvalue weighted by Crippen LogP contribution is -2.11. The lowest BCUT2D eigenvalue weighted by Gasteiger charge is -2.19. The molecule has 0 amide bonds. The second kappa shape index (κ2) is 11.8. The fraction of sp³-hybridized carbons (Fsp3) is 0.842. The van der Waals surface area contributed by atoms with E-state index in [9.17, 15) is 0 Å². The second-order valence-electron chi connectivity index (χ2n) is 6.80. The van der Waals surface area contributed by atoms with E-state index in [0.29, 0.717) is 0 Å². The van der Waals surface area contributed by atoms with Gasteiger partial charge in [0.05, 0.1) is 6.42 Å². The summed E-state index contributed by atoms with van der Waals surface area (Å²) in [4.78, 5) is 8.64. The molecule has 0 saturated heterocycles. The molecule has 1 aliphatic heterocycles. The Morgan fingerprint density at radius 2 is 1.33 bits per heavy atom. The third-order valence-corrected chi connectivity index (χ3v) is 4.58. The van der Waals surface area contributed by atoms with Crippen LogP contribution in [-0.4, -0.2) is 12.4 Å². The highest BCUT2D eigenvalue weighted by Gasteiger charge is 2.24. The molecule has 1 rings (SSSR count). The van der Waals surface area contributed by atoms with Crippen LogP contribution in [0, 0.1) is 18.0 Å². The van der Waals surface area contributed by atoms with Gasteiger partial charge in [-0.05, 0) is 18.3 Å². The maximum Gasteiger partial charge on any atom is 0.240 e. The van der Waals surface area contributed by atoms with Gasteiger partial charge in [-0.3, -0.25) is 0 Å². The molecule has 0 N–H and O–H groups in total. The van der Waals surface area contributed by atoms with Crippen molar-refractivity contribution in [2.45, 2.75) is 91.4 Å². The summed E-state index contributed by atoms with van der Waals surface area (Å²) < 4.78 is 0. The highest BCUT2D eigenvalue weighted by Crippen LogP contribution is 2.29. The van der Waals surface area contributed by atoms with Crippen molar-refractivity contribution in [3.05, 3.63) is 6.17 Å². The second-order valence-corrected chi connectivity index (χ2v) is 6.80. The predicted octanol–water partition coefficient (Wildman–Crippen LogP) is 6.21. The fourth-order valence-corrected chi connectivity index (χ4v) is 3.00. The van der Waals surface area contributed by atoms with Crippen LogP contribution in [-0.2, 0) is 0 Å². The molecule has 0 aromatic rings. The molecule has 0 radical (unpaired) electrons. The van der Waals surface area contributed by atoms with Crippen molar-refractivity contribution >= 4 is 12.4 Å². The van der Waals surface area contributed by atoms with Crippen molar-refractivity contribution in [2.75, 3.05) is 0 Å². The van der Waals surface area contributed by atoms with Gasteiger partial charge in [0.15, 0.2) is 12.4 Å². The normalized spacial score (nSPS) is 15.3. The van der Waals surface area contributed by atoms with Crippen LogP contribution in [0.25, 0.3) is 0 Å². The van der Waals surface area contributed by atoms with E-state index in [0.717, 1.165) is 24.4 Å². The van der Waals surface area contributed by atoms with Crippen LogP contribution in [0.2, 0.25) is 0 Å². The molecule has 2 nitrogen and oxygen atoms in total. The molecule has 0 saturated carbocycles. The first kappa shape index (κ1) is 18.3. The summed E-state index contributed by atoms with van der Waals surface area (Å²) in [5, 5.41) is 0. The summed E-state index contributed by atoms with van der Waals surface area (Å²) in [6.07, 6.45) is 19.8. The quantitative estimate of drug-likeness (QED) is 0.284. The number of rotatable bonds is 13. The van der Waals surface area contributed by atoms with Crippen LogP contribution in [0.15, 0.2) is 9.98 Å². The van der Waals surface area contributed by atoms with Crippen molar-refractivity contribution in [1.82, 2.24) is 0 Å². The van der Waals surface area contributed by atoms with Gasteiger partial charge >= 0.3 is 0 Å². The molecule has 21 heavy (non-hydrogen) atoms. The summed E-state index contributed by atoms with van der Waals surface area (Å²) in [6.45, 7) is 6.95. The molecule has 0 spiro atoms. The predicted molar refractivity (Wildman–Crippen MR) is 95.0 cm³/mol. The van der Waals surface area contributed by atoms with Gasteiger partial charge in [-0.15, -0.1) is 0 Å². The van der Waals surface area contributed by atoms with Crippen LogP contribution < -0.4 is 0 Å². The Kier molecular flexibility index (Phi) is 10.3. The Morgan fingerprint density at radius 1 is 0.810 bits per heavy atom. The Balaban J connectivity index is 2.00. The van der Waals surface area contributed by atoms with Crippen molar-refractivity contribution < 1.29 is 0 Å². The van der Waals surface area contributed by atoms with E-state index >= 15 is 0 Å². The summed E-state index contributed by atoms with van der Waals surface area (Å²) in [5.41, 5.74) is 0. The molecule has 0 aromatic heterocycles. The Labute approximate surface area is 132 Å². The first-order valence-electron chi connectivity index (χ1n) is 9.16. The topological polar surface area (TPSA) is 24.7 Å². The third kappa shape index (κ3) is 8.95. The van der Waals surface area contributed by atoms with Gasteiger partial charge in [0.2, 0.25) is 6.17 Å². The summed E-state index contributed by atoms with van der Waals surface area (Å²) in [5.74, 6) is 1.48. The minimum Gasteiger partial charge on any atom is -0.0968 e. The number of hydrogen-bond donors (Lipinski definition) is 0. The molecule has 120 valence electrons. The molecule has 1 atom stereocenters. The van der Waals surface area contributed by atoms with E-state index in [1.54, 1.807) is 0 Å². The van der Waals surface area contributed by atoms with E-state index in [4.69, 9.17) is 0 Å². The number of hydrogen-bond acceptors (Lipinski definition) is 2. The van der Waals surface area contributed by atoms with Gasteiger partial charge in [0.1, 0.15) is 0 Å². The van der Waals surface area contributed by atoms with Gasteiger partial charge in [0, 0.05) is 0 Å². The lowest BCUT2D eigenvalue weighted by atomic mass is 9.86. The van der Waals surface area contributed by atoms with Gasteiger partial charge in [-0.2, -0.15) is 0 Å². The van der Waals surface area contributed by atoms with E-state index in [1.165, 1.54) is 64.2 Å². The Bertz CT molecular complexity index is 282. The van der Waals surface area contributed by atoms with Crippen molar-refractivity contribution in [1.29, 1.82) is 0 Å². The summed E-state index contributed by atoms with van der Waals surface area (Å²) in [6, 6.07) is 0. The zero-order valence-corrected chi connectivity index (χ0v) is 14.5. The van der Waals surface area contributed by atoms with Crippen LogP contribution in [0.5, 0.6) is 0 Å². The Morgan fingerprint density at radius 3 is 1.86 bits per heavy atom. The number of unbranched alkanes of at least 4 members (excludes halogenated alkanes) is 8. The zero-order chi connectivity index (χ0) is 15.3. The molecule has 1 aliphatic rings. The van der Waals surface area contributed by atoms with E-state index < -0.39 is 0 Å². The average Bonchev–Trinajstić information content (AvgIpc) is 2.97. The van der Waals surface area contributed by atoms with E-state index in [-0.39, 0.29) is 0 Å². The van der Waals surface area contributed by atoms with Crippen molar-refractivity contribution in [2.24, 2.45) is 21.8 Å². The maximum atomic E-state index is 4.32. The molecule has 1 unspecified atom stereocenters. The van der Waals surface area contributed by atoms with E-state index in [1.807, 2.05) is 12.4 Å². The maximum absolute atomic E-state index is 4.32. The van der Waals surface area contributed by atoms with Crippen LogP contribution >= 0.6 is 0 Å². The summed E-state index contributed by atoms with van der Waals surface area (Å²) in [7, 11) is 0. The average molecular weight is 292 g/mol. The highest BCUT2D eigenvalue weighted by atomic mass is 15.0. The summed E-state index contributed by atoms with van der Waals surface area (Å²) >= 11 is 0. The van der Waals surface area contributed by atoms with Crippen molar-refractivity contribution in [3.8, 4) is 0 Å². The third-order valence-electron chi connectivity index (χ3n) is 4.58. The molecule has 2 heteroatoms. The molecular formula is C19H35N2+. The molecule has 0 bridgehead atoms. The monoisotopic (exact) mass is 291 g/mol.